The fourth-order valence-corrected chi connectivity index (χ4v) is 3.21. The van der Waals surface area contributed by atoms with Crippen LogP contribution in [0.4, 0.5) is 0 Å². The zero-order chi connectivity index (χ0) is 20.3. The average Bonchev–Trinajstić information content (AvgIpc) is 3.02. The summed E-state index contributed by atoms with van der Waals surface area (Å²) in [6.45, 7) is 8.01. The zero-order valence-corrected chi connectivity index (χ0v) is 16.6. The molecule has 1 aliphatic heterocycles. The number of esters is 1. The van der Waals surface area contributed by atoms with Gasteiger partial charge in [-0.05, 0) is 38.4 Å². The predicted molar refractivity (Wildman–Crippen MR) is 103 cm³/mol. The van der Waals surface area contributed by atoms with Crippen LogP contribution in [0.1, 0.15) is 33.3 Å². The first-order valence-electron chi connectivity index (χ1n) is 9.24. The topological polar surface area (TPSA) is 111 Å². The van der Waals surface area contributed by atoms with E-state index in [0.29, 0.717) is 19.6 Å². The lowest BCUT2D eigenvalue weighted by Crippen LogP contribution is -2.33. The highest BCUT2D eigenvalue weighted by Crippen LogP contribution is 2.33. The number of benzene rings is 1. The lowest BCUT2D eigenvalue weighted by atomic mass is 10.0. The Morgan fingerprint density at radius 1 is 1.50 bits per heavy atom. The number of aromatic nitrogens is 2. The minimum Gasteiger partial charge on any atom is -0.491 e. The molecular formula is C19H25N5O4. The van der Waals surface area contributed by atoms with Crippen molar-refractivity contribution in [3.8, 4) is 5.75 Å². The minimum absolute atomic E-state index is 0.121. The molecule has 2 aromatic rings. The highest BCUT2D eigenvalue weighted by Gasteiger charge is 2.26. The SMILES string of the molecule is CC(Cn1ncc2ccc3c(c21)CC(OCC(=O)OC(C)(C)C)CO3)N=[N+]=[N-]. The molecule has 150 valence electrons. The number of carbonyl (C=O) groups excluding carboxylic acids is 1. The Hall–Kier alpha value is -2.77. The van der Waals surface area contributed by atoms with Crippen molar-refractivity contribution in [1.29, 1.82) is 0 Å². The van der Waals surface area contributed by atoms with Gasteiger partial charge in [0.15, 0.2) is 0 Å². The second kappa shape index (κ2) is 8.08. The highest BCUT2D eigenvalue weighted by molar-refractivity contribution is 5.84. The summed E-state index contributed by atoms with van der Waals surface area (Å²) in [5.74, 6) is 0.382. The van der Waals surface area contributed by atoms with Gasteiger partial charge in [0.05, 0.1) is 23.9 Å². The van der Waals surface area contributed by atoms with Gasteiger partial charge in [-0.2, -0.15) is 5.10 Å². The number of azide groups is 1. The van der Waals surface area contributed by atoms with Crippen molar-refractivity contribution in [3.63, 3.8) is 0 Å². The third-order valence-corrected chi connectivity index (χ3v) is 4.26. The number of hydrogen-bond donors (Lipinski definition) is 0. The molecule has 28 heavy (non-hydrogen) atoms. The standard InChI is InChI=1S/C19H25N5O4/c1-12(22-23-20)9-24-18-13(8-21-24)5-6-16-15(18)7-14(10-27-16)26-11-17(25)28-19(2,3)4/h5-6,8,12,14H,7,9-11H2,1-4H3. The Morgan fingerprint density at radius 3 is 3.00 bits per heavy atom. The predicted octanol–water partition coefficient (Wildman–Crippen LogP) is 3.40. The van der Waals surface area contributed by atoms with Gasteiger partial charge in [-0.25, -0.2) is 4.79 Å². The molecule has 2 atom stereocenters. The summed E-state index contributed by atoms with van der Waals surface area (Å²) in [4.78, 5) is 14.8. The van der Waals surface area contributed by atoms with Gasteiger partial charge in [-0.1, -0.05) is 12.0 Å². The Kier molecular flexibility index (Phi) is 5.76. The van der Waals surface area contributed by atoms with Crippen molar-refractivity contribution in [2.45, 2.75) is 58.4 Å². The van der Waals surface area contributed by atoms with Gasteiger partial charge >= 0.3 is 5.97 Å². The summed E-state index contributed by atoms with van der Waals surface area (Å²) in [5, 5.41) is 9.13. The van der Waals surface area contributed by atoms with E-state index in [-0.39, 0.29) is 18.8 Å². The molecule has 1 aromatic heterocycles. The van der Waals surface area contributed by atoms with Crippen LogP contribution in [0.2, 0.25) is 0 Å². The third-order valence-electron chi connectivity index (χ3n) is 4.26. The molecule has 9 heteroatoms. The molecular weight excluding hydrogens is 362 g/mol. The Balaban J connectivity index is 1.76. The zero-order valence-electron chi connectivity index (χ0n) is 16.6. The molecule has 0 radical (unpaired) electrons. The molecule has 3 rings (SSSR count). The maximum absolute atomic E-state index is 11.9. The van der Waals surface area contributed by atoms with E-state index in [9.17, 15) is 4.79 Å². The molecule has 0 saturated heterocycles. The molecule has 0 spiro atoms. The van der Waals surface area contributed by atoms with Crippen LogP contribution in [-0.4, -0.2) is 46.7 Å². The van der Waals surface area contributed by atoms with Gasteiger partial charge in [-0.15, -0.1) is 0 Å². The molecule has 9 nitrogen and oxygen atoms in total. The van der Waals surface area contributed by atoms with Crippen molar-refractivity contribution >= 4 is 16.9 Å². The van der Waals surface area contributed by atoms with Crippen molar-refractivity contribution in [3.05, 3.63) is 34.3 Å². The molecule has 2 unspecified atom stereocenters. The van der Waals surface area contributed by atoms with Crippen molar-refractivity contribution in [2.24, 2.45) is 5.11 Å². The van der Waals surface area contributed by atoms with Crippen LogP contribution in [-0.2, 0) is 27.2 Å². The van der Waals surface area contributed by atoms with Gasteiger partial charge < -0.3 is 14.2 Å². The fourth-order valence-electron chi connectivity index (χ4n) is 3.21. The van der Waals surface area contributed by atoms with Crippen LogP contribution in [0.5, 0.6) is 5.75 Å². The van der Waals surface area contributed by atoms with E-state index in [4.69, 9.17) is 19.7 Å². The van der Waals surface area contributed by atoms with Gasteiger partial charge in [0.1, 0.15) is 24.6 Å². The summed E-state index contributed by atoms with van der Waals surface area (Å²) in [5.41, 5.74) is 10.00. The largest absolute Gasteiger partial charge is 0.491 e. The van der Waals surface area contributed by atoms with Crippen LogP contribution in [0.15, 0.2) is 23.4 Å². The average molecular weight is 387 g/mol. The van der Waals surface area contributed by atoms with Crippen molar-refractivity contribution in [2.75, 3.05) is 13.2 Å². The van der Waals surface area contributed by atoms with Crippen LogP contribution in [0.25, 0.3) is 21.3 Å². The van der Waals surface area contributed by atoms with Crippen LogP contribution in [0, 0.1) is 0 Å². The molecule has 0 N–H and O–H groups in total. The lowest BCUT2D eigenvalue weighted by Gasteiger charge is -2.27. The molecule has 1 aliphatic rings. The molecule has 0 fully saturated rings. The number of rotatable bonds is 6. The number of hydrogen-bond acceptors (Lipinski definition) is 6. The van der Waals surface area contributed by atoms with E-state index in [1.807, 2.05) is 44.5 Å². The fraction of sp³-hybridized carbons (Fsp3) is 0.579. The smallest absolute Gasteiger partial charge is 0.332 e. The lowest BCUT2D eigenvalue weighted by molar-refractivity contribution is -0.163. The van der Waals surface area contributed by atoms with Gasteiger partial charge in [-0.3, -0.25) is 4.68 Å². The number of fused-ring (bicyclic) bond motifs is 3. The Morgan fingerprint density at radius 2 is 2.29 bits per heavy atom. The summed E-state index contributed by atoms with van der Waals surface area (Å²) in [6.07, 6.45) is 2.12. The molecule has 0 bridgehead atoms. The first-order valence-corrected chi connectivity index (χ1v) is 9.24. The van der Waals surface area contributed by atoms with E-state index >= 15 is 0 Å². The van der Waals surface area contributed by atoms with E-state index in [1.54, 1.807) is 6.20 Å². The van der Waals surface area contributed by atoms with Gasteiger partial charge in [0.25, 0.3) is 0 Å². The summed E-state index contributed by atoms with van der Waals surface area (Å²) < 4.78 is 18.7. The van der Waals surface area contributed by atoms with Crippen LogP contribution in [0.3, 0.4) is 0 Å². The van der Waals surface area contributed by atoms with E-state index in [2.05, 4.69) is 15.1 Å². The number of ether oxygens (including phenoxy) is 3. The van der Waals surface area contributed by atoms with Gasteiger partial charge in [0, 0.05) is 28.8 Å². The molecule has 0 amide bonds. The van der Waals surface area contributed by atoms with E-state index in [0.717, 1.165) is 22.2 Å². The quantitative estimate of drug-likeness (QED) is 0.326. The second-order valence-corrected chi connectivity index (χ2v) is 7.90. The van der Waals surface area contributed by atoms with Crippen LogP contribution >= 0.6 is 0 Å². The minimum atomic E-state index is -0.544. The monoisotopic (exact) mass is 387 g/mol. The molecule has 0 saturated carbocycles. The number of nitrogens with zero attached hydrogens (tertiary/aromatic N) is 5. The summed E-state index contributed by atoms with van der Waals surface area (Å²) in [6, 6.07) is 3.65. The summed E-state index contributed by atoms with van der Waals surface area (Å²) in [7, 11) is 0. The van der Waals surface area contributed by atoms with Crippen LogP contribution < -0.4 is 4.74 Å². The summed E-state index contributed by atoms with van der Waals surface area (Å²) >= 11 is 0. The normalized spacial score (nSPS) is 17.4. The third kappa shape index (κ3) is 4.74. The highest BCUT2D eigenvalue weighted by atomic mass is 16.6. The second-order valence-electron chi connectivity index (χ2n) is 7.90. The van der Waals surface area contributed by atoms with Gasteiger partial charge in [0.2, 0.25) is 0 Å². The molecule has 1 aromatic carbocycles. The van der Waals surface area contributed by atoms with E-state index < -0.39 is 11.6 Å². The first-order chi connectivity index (χ1) is 13.3. The Bertz CT molecular complexity index is 911. The first kappa shape index (κ1) is 20.0. The molecule has 0 aliphatic carbocycles. The van der Waals surface area contributed by atoms with E-state index in [1.165, 1.54) is 0 Å². The van der Waals surface area contributed by atoms with Crippen molar-refractivity contribution in [1.82, 2.24) is 9.78 Å². The maximum Gasteiger partial charge on any atom is 0.332 e. The Labute approximate surface area is 163 Å². The maximum atomic E-state index is 11.9. The number of carbonyl (C=O) groups is 1. The van der Waals surface area contributed by atoms with Crippen molar-refractivity contribution < 1.29 is 19.0 Å². The molecule has 2 heterocycles.